The monoisotopic (exact) mass is 364 g/mol. The summed E-state index contributed by atoms with van der Waals surface area (Å²) in [4.78, 5) is 25.4. The van der Waals surface area contributed by atoms with Gasteiger partial charge in [0.1, 0.15) is 0 Å². The third-order valence-electron chi connectivity index (χ3n) is 3.88. The smallest absolute Gasteiger partial charge is 0.295 e. The van der Waals surface area contributed by atoms with Crippen molar-refractivity contribution >= 4 is 28.7 Å². The van der Waals surface area contributed by atoms with Crippen molar-refractivity contribution in [1.29, 1.82) is 0 Å². The van der Waals surface area contributed by atoms with Gasteiger partial charge in [0.05, 0.1) is 10.7 Å². The van der Waals surface area contributed by atoms with E-state index in [-0.39, 0.29) is 11.7 Å². The van der Waals surface area contributed by atoms with E-state index in [0.29, 0.717) is 11.5 Å². The number of hydrogen-bond donors (Lipinski definition) is 1. The van der Waals surface area contributed by atoms with Crippen LogP contribution in [0.4, 0.5) is 5.69 Å². The van der Waals surface area contributed by atoms with Crippen LogP contribution in [0.15, 0.2) is 35.7 Å². The van der Waals surface area contributed by atoms with Crippen molar-refractivity contribution in [3.63, 3.8) is 0 Å². The van der Waals surface area contributed by atoms with Crippen LogP contribution >= 0.6 is 11.3 Å². The highest BCUT2D eigenvalue weighted by Crippen LogP contribution is 2.23. The van der Waals surface area contributed by atoms with E-state index in [1.807, 2.05) is 56.5 Å². The summed E-state index contributed by atoms with van der Waals surface area (Å²) in [6.45, 7) is 5.76. The van der Waals surface area contributed by atoms with Crippen molar-refractivity contribution in [2.75, 3.05) is 5.32 Å². The zero-order valence-corrected chi connectivity index (χ0v) is 15.3. The number of nitrogens with one attached hydrogen (secondary N) is 1. The van der Waals surface area contributed by atoms with Gasteiger partial charge in [-0.3, -0.25) is 4.79 Å². The maximum atomic E-state index is 12.5. The van der Waals surface area contributed by atoms with E-state index < -0.39 is 0 Å². The van der Waals surface area contributed by atoms with Gasteiger partial charge in [-0.15, -0.1) is 16.4 Å². The number of aryl methyl sites for hydroxylation is 3. The lowest BCUT2D eigenvalue weighted by molar-refractivity contribution is 0.101. The van der Waals surface area contributed by atoms with E-state index in [1.54, 1.807) is 15.9 Å². The first-order chi connectivity index (χ1) is 12.5. The van der Waals surface area contributed by atoms with Crippen LogP contribution < -0.4 is 5.32 Å². The van der Waals surface area contributed by atoms with Gasteiger partial charge >= 0.3 is 0 Å². The van der Waals surface area contributed by atoms with Gasteiger partial charge in [-0.05, 0) is 39.0 Å². The standard InChI is InChI=1S/C18H16N6OS/c1-10-8-11(2)24-18(19-10)22-16(23-24)17(25)21-14-6-4-13(5-7-14)15-9-26-12(3)20-15/h4-9H,1-3H3,(H,21,25). The molecule has 1 amide bonds. The van der Waals surface area contributed by atoms with E-state index in [4.69, 9.17) is 0 Å². The second-order valence-electron chi connectivity index (χ2n) is 5.97. The number of anilines is 1. The number of nitrogens with zero attached hydrogens (tertiary/aromatic N) is 5. The maximum absolute atomic E-state index is 12.5. The molecule has 130 valence electrons. The molecule has 3 heterocycles. The molecule has 0 radical (unpaired) electrons. The predicted molar refractivity (Wildman–Crippen MR) is 100 cm³/mol. The highest BCUT2D eigenvalue weighted by Gasteiger charge is 2.15. The summed E-state index contributed by atoms with van der Waals surface area (Å²) in [5, 5.41) is 10.1. The quantitative estimate of drug-likeness (QED) is 0.602. The average molecular weight is 364 g/mol. The number of amides is 1. The minimum Gasteiger partial charge on any atom is -0.319 e. The van der Waals surface area contributed by atoms with Gasteiger partial charge < -0.3 is 5.32 Å². The van der Waals surface area contributed by atoms with E-state index in [1.165, 1.54) is 0 Å². The van der Waals surface area contributed by atoms with Crippen LogP contribution in [-0.2, 0) is 0 Å². The fourth-order valence-electron chi connectivity index (χ4n) is 2.67. The summed E-state index contributed by atoms with van der Waals surface area (Å²) in [6, 6.07) is 9.42. The number of carbonyl (C=O) groups excluding carboxylic acids is 1. The molecule has 4 aromatic rings. The molecule has 26 heavy (non-hydrogen) atoms. The largest absolute Gasteiger partial charge is 0.319 e. The molecule has 4 rings (SSSR count). The van der Waals surface area contributed by atoms with E-state index in [9.17, 15) is 4.79 Å². The summed E-state index contributed by atoms with van der Waals surface area (Å²) in [7, 11) is 0. The molecule has 1 N–H and O–H groups in total. The Morgan fingerprint density at radius 1 is 1.08 bits per heavy atom. The van der Waals surface area contributed by atoms with Gasteiger partial charge in [0.2, 0.25) is 5.82 Å². The summed E-state index contributed by atoms with van der Waals surface area (Å²) >= 11 is 1.61. The highest BCUT2D eigenvalue weighted by molar-refractivity contribution is 7.09. The number of thiazole rings is 1. The van der Waals surface area contributed by atoms with Gasteiger partial charge in [-0.1, -0.05) is 12.1 Å². The number of benzene rings is 1. The molecule has 0 saturated heterocycles. The molecular formula is C18H16N6OS. The maximum Gasteiger partial charge on any atom is 0.295 e. The summed E-state index contributed by atoms with van der Waals surface area (Å²) in [6.07, 6.45) is 0. The van der Waals surface area contributed by atoms with Gasteiger partial charge in [0, 0.05) is 28.0 Å². The van der Waals surface area contributed by atoms with Crippen molar-refractivity contribution in [3.8, 4) is 11.3 Å². The van der Waals surface area contributed by atoms with Crippen LogP contribution in [0, 0.1) is 20.8 Å². The van der Waals surface area contributed by atoms with Crippen LogP contribution in [0.2, 0.25) is 0 Å². The topological polar surface area (TPSA) is 85.1 Å². The SMILES string of the molecule is Cc1cc(C)n2nc(C(=O)Nc3ccc(-c4csc(C)n4)cc3)nc2n1. The third-order valence-corrected chi connectivity index (χ3v) is 4.65. The first kappa shape index (κ1) is 16.3. The lowest BCUT2D eigenvalue weighted by Gasteiger charge is -2.03. The number of carbonyl (C=O) groups is 1. The summed E-state index contributed by atoms with van der Waals surface area (Å²) in [5.41, 5.74) is 4.33. The van der Waals surface area contributed by atoms with Crippen LogP contribution in [0.3, 0.4) is 0 Å². The number of hydrogen-bond acceptors (Lipinski definition) is 6. The zero-order chi connectivity index (χ0) is 18.3. The van der Waals surface area contributed by atoms with E-state index in [0.717, 1.165) is 27.7 Å². The second kappa shape index (κ2) is 6.30. The molecule has 0 atom stereocenters. The third kappa shape index (κ3) is 3.06. The minimum absolute atomic E-state index is 0.0883. The predicted octanol–water partition coefficient (Wildman–Crippen LogP) is 3.43. The highest BCUT2D eigenvalue weighted by atomic mass is 32.1. The van der Waals surface area contributed by atoms with Gasteiger partial charge in [-0.2, -0.15) is 4.98 Å². The van der Waals surface area contributed by atoms with Crippen molar-refractivity contribution < 1.29 is 4.79 Å². The number of aromatic nitrogens is 5. The Labute approximate surface area is 153 Å². The lowest BCUT2D eigenvalue weighted by atomic mass is 10.1. The Bertz CT molecular complexity index is 1110. The lowest BCUT2D eigenvalue weighted by Crippen LogP contribution is -2.14. The molecule has 0 aliphatic carbocycles. The molecular weight excluding hydrogens is 348 g/mol. The fourth-order valence-corrected chi connectivity index (χ4v) is 3.29. The molecule has 0 fully saturated rings. The average Bonchev–Trinajstić information content (AvgIpc) is 3.22. The first-order valence-corrected chi connectivity index (χ1v) is 8.92. The molecule has 0 unspecified atom stereocenters. The first-order valence-electron chi connectivity index (χ1n) is 8.04. The Kier molecular flexibility index (Phi) is 3.96. The Morgan fingerprint density at radius 3 is 2.54 bits per heavy atom. The molecule has 3 aromatic heterocycles. The van der Waals surface area contributed by atoms with Crippen LogP contribution in [0.5, 0.6) is 0 Å². The van der Waals surface area contributed by atoms with Crippen molar-refractivity contribution in [3.05, 3.63) is 57.9 Å². The summed E-state index contributed by atoms with van der Waals surface area (Å²) < 4.78 is 1.57. The van der Waals surface area contributed by atoms with Gasteiger partial charge in [-0.25, -0.2) is 14.5 Å². The molecule has 7 nitrogen and oxygen atoms in total. The number of fused-ring (bicyclic) bond motifs is 1. The normalized spacial score (nSPS) is 11.0. The van der Waals surface area contributed by atoms with E-state index in [2.05, 4.69) is 25.4 Å². The fraction of sp³-hybridized carbons (Fsp3) is 0.167. The van der Waals surface area contributed by atoms with Crippen LogP contribution in [-0.4, -0.2) is 30.5 Å². The van der Waals surface area contributed by atoms with E-state index >= 15 is 0 Å². The molecule has 0 saturated carbocycles. The Balaban J connectivity index is 1.55. The molecule has 0 aliphatic heterocycles. The molecule has 1 aromatic carbocycles. The Hall–Kier alpha value is -3.13. The van der Waals surface area contributed by atoms with Crippen LogP contribution in [0.25, 0.3) is 17.0 Å². The minimum atomic E-state index is -0.371. The van der Waals surface area contributed by atoms with Crippen molar-refractivity contribution in [2.24, 2.45) is 0 Å². The van der Waals surface area contributed by atoms with Crippen molar-refractivity contribution in [1.82, 2.24) is 24.6 Å². The zero-order valence-electron chi connectivity index (χ0n) is 14.5. The molecule has 0 bridgehead atoms. The van der Waals surface area contributed by atoms with Crippen molar-refractivity contribution in [2.45, 2.75) is 20.8 Å². The van der Waals surface area contributed by atoms with Gasteiger partial charge in [0.25, 0.3) is 11.7 Å². The molecule has 8 heteroatoms. The molecule has 0 aliphatic rings. The summed E-state index contributed by atoms with van der Waals surface area (Å²) in [5.74, 6) is 0.136. The van der Waals surface area contributed by atoms with Crippen LogP contribution in [0.1, 0.15) is 27.0 Å². The molecule has 0 spiro atoms. The Morgan fingerprint density at radius 2 is 1.85 bits per heavy atom. The number of rotatable bonds is 3. The van der Waals surface area contributed by atoms with Gasteiger partial charge in [0.15, 0.2) is 0 Å². The second-order valence-corrected chi connectivity index (χ2v) is 7.03.